The molecule has 2 saturated carbocycles. The molecule has 0 bridgehead atoms. The third kappa shape index (κ3) is 26.8. The summed E-state index contributed by atoms with van der Waals surface area (Å²) in [6.45, 7) is 57.3. The Morgan fingerprint density at radius 1 is 0.347 bits per heavy atom. The van der Waals surface area contributed by atoms with E-state index in [1.165, 1.54) is 105 Å². The van der Waals surface area contributed by atoms with Crippen molar-refractivity contribution in [2.45, 2.75) is 259 Å². The molecule has 2 aliphatic carbocycles. The normalized spacial score (nSPS) is 21.3. The molecule has 3 fully saturated rings. The minimum Gasteiger partial charge on any atom is -0.316 e. The van der Waals surface area contributed by atoms with Gasteiger partial charge in [0.25, 0.3) is 0 Å². The SMILES string of the molecule is CC(C)C1CCCC(C(C)C)C1.CC(C)C1CCCC(C(C)C)C1.CC(C)C1CNCC(C(C)C)C1.CC(C)c1cccc(C(C)C)c1.CC(C)c1cccc(C(C)C)n1.CC(C)c1cncc(C(C)C)c1. The topological polar surface area (TPSA) is 37.8 Å². The Kier molecular flexibility index (Phi) is 33.5. The van der Waals surface area contributed by atoms with Crippen LogP contribution in [0.25, 0.3) is 0 Å². The molecule has 414 valence electrons. The van der Waals surface area contributed by atoms with E-state index in [1.807, 2.05) is 12.4 Å². The first-order chi connectivity index (χ1) is 33.7. The smallest absolute Gasteiger partial charge is 0.0432 e. The van der Waals surface area contributed by atoms with E-state index in [9.17, 15) is 0 Å². The maximum Gasteiger partial charge on any atom is 0.0432 e. The number of aromatic nitrogens is 2. The number of piperidine rings is 1. The van der Waals surface area contributed by atoms with Gasteiger partial charge >= 0.3 is 0 Å². The highest BCUT2D eigenvalue weighted by atomic mass is 14.9. The summed E-state index contributed by atoms with van der Waals surface area (Å²) in [6, 6.07) is 17.4. The summed E-state index contributed by atoms with van der Waals surface area (Å²) in [4.78, 5) is 8.80. The van der Waals surface area contributed by atoms with E-state index in [-0.39, 0.29) is 0 Å². The zero-order valence-electron chi connectivity index (χ0n) is 52.3. The average Bonchev–Trinajstić information content (AvgIpc) is 3.35. The fraction of sp³-hybridized carbons (Fsp3) is 0.768. The highest BCUT2D eigenvalue weighted by Gasteiger charge is 2.27. The first-order valence-electron chi connectivity index (χ1n) is 30.4. The van der Waals surface area contributed by atoms with Crippen LogP contribution < -0.4 is 5.32 Å². The summed E-state index contributed by atoms with van der Waals surface area (Å²) < 4.78 is 0. The monoisotopic (exact) mass is 994 g/mol. The number of rotatable bonds is 12. The molecular weight excluding hydrogens is 871 g/mol. The molecule has 1 aromatic carbocycles. The quantitative estimate of drug-likeness (QED) is 0.196. The molecule has 0 amide bonds. The predicted octanol–water partition coefficient (Wildman–Crippen LogP) is 21.3. The second-order valence-corrected chi connectivity index (χ2v) is 26.9. The van der Waals surface area contributed by atoms with Crippen LogP contribution in [0.5, 0.6) is 0 Å². The van der Waals surface area contributed by atoms with Crippen molar-refractivity contribution in [3.63, 3.8) is 0 Å². The number of pyridine rings is 2. The zero-order valence-corrected chi connectivity index (χ0v) is 52.3. The first kappa shape index (κ1) is 67.5. The van der Waals surface area contributed by atoms with Crippen LogP contribution in [0, 0.1) is 71.0 Å². The van der Waals surface area contributed by atoms with Gasteiger partial charge in [-0.3, -0.25) is 9.97 Å². The van der Waals surface area contributed by atoms with Crippen LogP contribution in [0.15, 0.2) is 60.9 Å². The fourth-order valence-electron chi connectivity index (χ4n) is 10.5. The van der Waals surface area contributed by atoms with Crippen LogP contribution in [0.2, 0.25) is 0 Å². The molecule has 3 heterocycles. The highest BCUT2D eigenvalue weighted by molar-refractivity contribution is 5.27. The molecule has 3 aliphatic rings. The molecule has 6 atom stereocenters. The Bertz CT molecular complexity index is 1470. The van der Waals surface area contributed by atoms with E-state index in [2.05, 4.69) is 230 Å². The van der Waals surface area contributed by atoms with E-state index in [0.29, 0.717) is 35.5 Å². The lowest BCUT2D eigenvalue weighted by Crippen LogP contribution is -2.40. The van der Waals surface area contributed by atoms with Gasteiger partial charge in [-0.15, -0.1) is 0 Å². The van der Waals surface area contributed by atoms with Crippen LogP contribution in [-0.4, -0.2) is 23.1 Å². The summed E-state index contributed by atoms with van der Waals surface area (Å²) >= 11 is 0. The van der Waals surface area contributed by atoms with Crippen molar-refractivity contribution in [2.24, 2.45) is 71.0 Å². The van der Waals surface area contributed by atoms with Crippen LogP contribution in [0.1, 0.15) is 293 Å². The van der Waals surface area contributed by atoms with E-state index in [1.54, 1.807) is 0 Å². The molecule has 3 aromatic rings. The highest BCUT2D eigenvalue weighted by Crippen LogP contribution is 2.38. The summed E-state index contributed by atoms with van der Waals surface area (Å²) in [5.74, 6) is 14.7. The number of nitrogens with zero attached hydrogens (tertiary/aromatic N) is 2. The Morgan fingerprint density at radius 2 is 0.625 bits per heavy atom. The minimum atomic E-state index is 0.531. The van der Waals surface area contributed by atoms with Gasteiger partial charge in [-0.1, -0.05) is 241 Å². The van der Waals surface area contributed by atoms with Crippen LogP contribution in [0.3, 0.4) is 0 Å². The molecule has 1 N–H and O–H groups in total. The molecule has 1 saturated heterocycles. The molecule has 6 rings (SSSR count). The van der Waals surface area contributed by atoms with Crippen molar-refractivity contribution in [2.75, 3.05) is 13.1 Å². The average molecular weight is 995 g/mol. The van der Waals surface area contributed by atoms with Crippen molar-refractivity contribution in [1.82, 2.24) is 15.3 Å². The van der Waals surface area contributed by atoms with Crippen molar-refractivity contribution < 1.29 is 0 Å². The van der Waals surface area contributed by atoms with Gasteiger partial charge in [0.1, 0.15) is 0 Å². The minimum absolute atomic E-state index is 0.531. The van der Waals surface area contributed by atoms with Gasteiger partial charge in [-0.2, -0.15) is 0 Å². The van der Waals surface area contributed by atoms with Crippen molar-refractivity contribution in [3.8, 4) is 0 Å². The van der Waals surface area contributed by atoms with E-state index < -0.39 is 0 Å². The van der Waals surface area contributed by atoms with Gasteiger partial charge in [-0.05, 0) is 173 Å². The molecule has 3 heteroatoms. The van der Waals surface area contributed by atoms with Gasteiger partial charge in [-0.25, -0.2) is 0 Å². The van der Waals surface area contributed by atoms with E-state index >= 15 is 0 Å². The lowest BCUT2D eigenvalue weighted by Gasteiger charge is -2.34. The number of nitrogens with one attached hydrogen (secondary N) is 1. The van der Waals surface area contributed by atoms with Crippen molar-refractivity contribution >= 4 is 0 Å². The Morgan fingerprint density at radius 3 is 0.903 bits per heavy atom. The number of hydrogen-bond donors (Lipinski definition) is 1. The van der Waals surface area contributed by atoms with Crippen molar-refractivity contribution in [1.29, 1.82) is 0 Å². The lowest BCUT2D eigenvalue weighted by atomic mass is 9.72. The summed E-state index contributed by atoms with van der Waals surface area (Å²) in [6.07, 6.45) is 17.2. The van der Waals surface area contributed by atoms with Gasteiger partial charge < -0.3 is 5.32 Å². The second kappa shape index (κ2) is 35.7. The second-order valence-electron chi connectivity index (χ2n) is 26.9. The lowest BCUT2D eigenvalue weighted by molar-refractivity contribution is 0.177. The van der Waals surface area contributed by atoms with Gasteiger partial charge in [0.2, 0.25) is 0 Å². The molecule has 3 nitrogen and oxygen atoms in total. The Labute approximate surface area is 451 Å². The zero-order chi connectivity index (χ0) is 54.8. The fourth-order valence-corrected chi connectivity index (χ4v) is 10.5. The molecular formula is C69H123N3. The van der Waals surface area contributed by atoms with E-state index in [4.69, 9.17) is 0 Å². The third-order valence-electron chi connectivity index (χ3n) is 16.9. The van der Waals surface area contributed by atoms with Crippen molar-refractivity contribution in [3.05, 3.63) is 94.6 Å². The molecule has 0 spiro atoms. The van der Waals surface area contributed by atoms with Crippen LogP contribution in [0.4, 0.5) is 0 Å². The summed E-state index contributed by atoms with van der Waals surface area (Å²) in [7, 11) is 0. The van der Waals surface area contributed by atoms with Crippen LogP contribution in [-0.2, 0) is 0 Å². The van der Waals surface area contributed by atoms with Gasteiger partial charge in [0, 0.05) is 23.8 Å². The first-order valence-corrected chi connectivity index (χ1v) is 30.4. The summed E-state index contributed by atoms with van der Waals surface area (Å²) in [5.41, 5.74) is 7.95. The largest absolute Gasteiger partial charge is 0.316 e. The molecule has 72 heavy (non-hydrogen) atoms. The molecule has 1 aliphatic heterocycles. The predicted molar refractivity (Wildman–Crippen MR) is 324 cm³/mol. The van der Waals surface area contributed by atoms with Crippen LogP contribution >= 0.6 is 0 Å². The molecule has 6 unspecified atom stereocenters. The maximum atomic E-state index is 4.57. The Hall–Kier alpha value is -2.52. The number of hydrogen-bond acceptors (Lipinski definition) is 3. The molecule has 0 radical (unpaired) electrons. The Balaban J connectivity index is 0.000000432. The summed E-state index contributed by atoms with van der Waals surface area (Å²) in [5, 5.41) is 3.55. The maximum absolute atomic E-state index is 4.57. The standard InChI is InChI=1S/2C12H24.C12H18.C11H23N.2C11H17N/c3*1-9(2)11-6-5-7-12(8-11)10(3)4;2*1-8(2)10-5-11(9(3)4)7-12-6-10;1-8(2)10-6-5-7-11(12-10)9(3)4/h2*9-12H,5-8H2,1-4H3;5-10H,1-4H3;8-12H,5-7H2,1-4H3;2*5-9H,1-4H3. The molecule has 2 aromatic heterocycles. The third-order valence-corrected chi connectivity index (χ3v) is 16.9. The van der Waals surface area contributed by atoms with Gasteiger partial charge in [0.15, 0.2) is 0 Å². The van der Waals surface area contributed by atoms with Gasteiger partial charge in [0.05, 0.1) is 0 Å². The number of benzene rings is 1. The van der Waals surface area contributed by atoms with E-state index in [0.717, 1.165) is 71.0 Å².